The molecule has 1 N–H and O–H groups in total. The van der Waals surface area contributed by atoms with Crippen molar-refractivity contribution in [3.63, 3.8) is 0 Å². The predicted molar refractivity (Wildman–Crippen MR) is 105 cm³/mol. The molecule has 0 aromatic heterocycles. The van der Waals surface area contributed by atoms with Gasteiger partial charge < -0.3 is 10.1 Å². The molecular formula is C19H20N2O5S. The molecule has 0 aliphatic rings. The van der Waals surface area contributed by atoms with Crippen molar-refractivity contribution in [1.82, 2.24) is 0 Å². The summed E-state index contributed by atoms with van der Waals surface area (Å²) in [5.41, 5.74) is 1.53. The lowest BCUT2D eigenvalue weighted by atomic mass is 10.1. The standard InChI is InChI=1S/C19H20N2O5S/c1-4-12-21(27(3,24)25)17-10-8-14(9-11-17)18(22)20-16-7-5-6-15(13-16)19(23)26-2/h4-11,13H,1,12H2,2-3H3,(H,20,22). The van der Waals surface area contributed by atoms with E-state index in [1.165, 1.54) is 35.7 Å². The molecule has 0 spiro atoms. The van der Waals surface area contributed by atoms with Crippen LogP contribution in [0.3, 0.4) is 0 Å². The van der Waals surface area contributed by atoms with E-state index in [9.17, 15) is 18.0 Å². The van der Waals surface area contributed by atoms with E-state index in [1.54, 1.807) is 30.3 Å². The Bertz CT molecular complexity index is 952. The smallest absolute Gasteiger partial charge is 0.337 e. The number of nitrogens with one attached hydrogen (secondary N) is 1. The lowest BCUT2D eigenvalue weighted by molar-refractivity contribution is 0.0600. The maximum Gasteiger partial charge on any atom is 0.337 e. The molecular weight excluding hydrogens is 368 g/mol. The van der Waals surface area contributed by atoms with Crippen LogP contribution in [-0.2, 0) is 14.8 Å². The number of ether oxygens (including phenoxy) is 1. The number of amides is 1. The summed E-state index contributed by atoms with van der Waals surface area (Å²) in [5, 5.41) is 2.69. The number of sulfonamides is 1. The number of methoxy groups -OCH3 is 1. The van der Waals surface area contributed by atoms with E-state index in [4.69, 9.17) is 0 Å². The molecule has 2 rings (SSSR count). The van der Waals surface area contributed by atoms with Gasteiger partial charge >= 0.3 is 5.97 Å². The van der Waals surface area contributed by atoms with Gasteiger partial charge in [-0.3, -0.25) is 9.10 Å². The van der Waals surface area contributed by atoms with Crippen LogP contribution < -0.4 is 9.62 Å². The molecule has 0 bridgehead atoms. The molecule has 0 aliphatic heterocycles. The van der Waals surface area contributed by atoms with Crippen LogP contribution in [0.2, 0.25) is 0 Å². The van der Waals surface area contributed by atoms with Crippen molar-refractivity contribution < 1.29 is 22.7 Å². The van der Waals surface area contributed by atoms with Gasteiger partial charge in [0.05, 0.1) is 31.2 Å². The van der Waals surface area contributed by atoms with Crippen molar-refractivity contribution in [2.75, 3.05) is 29.5 Å². The van der Waals surface area contributed by atoms with Crippen LogP contribution in [0.25, 0.3) is 0 Å². The molecule has 0 radical (unpaired) electrons. The average molecular weight is 388 g/mol. The van der Waals surface area contributed by atoms with Crippen LogP contribution in [0.5, 0.6) is 0 Å². The number of rotatable bonds is 7. The van der Waals surface area contributed by atoms with E-state index in [2.05, 4.69) is 16.6 Å². The number of anilines is 2. The van der Waals surface area contributed by atoms with Crippen LogP contribution in [0.1, 0.15) is 20.7 Å². The van der Waals surface area contributed by atoms with Crippen LogP contribution in [0.15, 0.2) is 61.2 Å². The minimum Gasteiger partial charge on any atom is -0.465 e. The van der Waals surface area contributed by atoms with Crippen LogP contribution >= 0.6 is 0 Å². The third kappa shape index (κ3) is 5.18. The summed E-state index contributed by atoms with van der Waals surface area (Å²) in [7, 11) is -2.18. The predicted octanol–water partition coefficient (Wildman–Crippen LogP) is 2.68. The Morgan fingerprint density at radius 1 is 1.15 bits per heavy atom. The summed E-state index contributed by atoms with van der Waals surface area (Å²) in [6.45, 7) is 3.68. The fourth-order valence-corrected chi connectivity index (χ4v) is 3.25. The van der Waals surface area contributed by atoms with Gasteiger partial charge in [0, 0.05) is 11.3 Å². The zero-order valence-electron chi connectivity index (χ0n) is 15.0. The zero-order chi connectivity index (χ0) is 20.0. The number of carbonyl (C=O) groups excluding carboxylic acids is 2. The van der Waals surface area contributed by atoms with E-state index in [1.807, 2.05) is 0 Å². The first-order valence-electron chi connectivity index (χ1n) is 7.94. The topological polar surface area (TPSA) is 92.8 Å². The first kappa shape index (κ1) is 20.2. The highest BCUT2D eigenvalue weighted by Gasteiger charge is 2.16. The van der Waals surface area contributed by atoms with Gasteiger partial charge in [0.25, 0.3) is 5.91 Å². The molecule has 2 aromatic carbocycles. The van der Waals surface area contributed by atoms with Gasteiger partial charge in [0.2, 0.25) is 10.0 Å². The number of nitrogens with zero attached hydrogens (tertiary/aromatic N) is 1. The van der Waals surface area contributed by atoms with E-state index in [0.29, 0.717) is 22.5 Å². The van der Waals surface area contributed by atoms with Crippen LogP contribution in [-0.4, -0.2) is 40.2 Å². The summed E-state index contributed by atoms with van der Waals surface area (Å²) >= 11 is 0. The van der Waals surface area contributed by atoms with Gasteiger partial charge in [-0.1, -0.05) is 12.1 Å². The number of carbonyl (C=O) groups is 2. The second-order valence-corrected chi connectivity index (χ2v) is 7.56. The fraction of sp³-hybridized carbons (Fsp3) is 0.158. The normalized spacial score (nSPS) is 10.7. The van der Waals surface area contributed by atoms with Gasteiger partial charge in [0.1, 0.15) is 0 Å². The number of benzene rings is 2. The van der Waals surface area contributed by atoms with E-state index in [0.717, 1.165) is 6.26 Å². The van der Waals surface area contributed by atoms with Gasteiger partial charge in [-0.2, -0.15) is 0 Å². The Labute approximate surface area is 158 Å². The summed E-state index contributed by atoms with van der Waals surface area (Å²) in [4.78, 5) is 24.0. The third-order valence-electron chi connectivity index (χ3n) is 3.65. The summed E-state index contributed by atoms with van der Waals surface area (Å²) < 4.78 is 29.5. The molecule has 0 unspecified atom stereocenters. The lowest BCUT2D eigenvalue weighted by Crippen LogP contribution is -2.29. The molecule has 0 heterocycles. The van der Waals surface area contributed by atoms with E-state index >= 15 is 0 Å². The highest BCUT2D eigenvalue weighted by molar-refractivity contribution is 7.92. The molecule has 1 amide bonds. The molecule has 142 valence electrons. The first-order valence-corrected chi connectivity index (χ1v) is 9.79. The highest BCUT2D eigenvalue weighted by atomic mass is 32.2. The largest absolute Gasteiger partial charge is 0.465 e. The molecule has 0 saturated heterocycles. The monoisotopic (exact) mass is 388 g/mol. The van der Waals surface area contributed by atoms with Crippen LogP contribution in [0, 0.1) is 0 Å². The Morgan fingerprint density at radius 3 is 2.37 bits per heavy atom. The summed E-state index contributed by atoms with van der Waals surface area (Å²) in [6.07, 6.45) is 2.58. The number of hydrogen-bond acceptors (Lipinski definition) is 5. The maximum atomic E-state index is 12.4. The van der Waals surface area contributed by atoms with Crippen molar-refractivity contribution in [3.05, 3.63) is 72.3 Å². The molecule has 27 heavy (non-hydrogen) atoms. The Morgan fingerprint density at radius 2 is 1.81 bits per heavy atom. The molecule has 0 atom stereocenters. The van der Waals surface area contributed by atoms with Gasteiger partial charge in [-0.25, -0.2) is 13.2 Å². The fourth-order valence-electron chi connectivity index (χ4n) is 2.37. The van der Waals surface area contributed by atoms with E-state index < -0.39 is 21.9 Å². The maximum absolute atomic E-state index is 12.4. The highest BCUT2D eigenvalue weighted by Crippen LogP contribution is 2.19. The summed E-state index contributed by atoms with van der Waals surface area (Å²) in [5.74, 6) is -0.892. The van der Waals surface area contributed by atoms with Gasteiger partial charge in [-0.15, -0.1) is 6.58 Å². The second kappa shape index (κ2) is 8.50. The van der Waals surface area contributed by atoms with Crippen molar-refractivity contribution in [3.8, 4) is 0 Å². The SMILES string of the molecule is C=CCN(c1ccc(C(=O)Nc2cccc(C(=O)OC)c2)cc1)S(C)(=O)=O. The minimum absolute atomic E-state index is 0.130. The Kier molecular flexibility index (Phi) is 6.36. The molecule has 2 aromatic rings. The summed E-state index contributed by atoms with van der Waals surface area (Å²) in [6, 6.07) is 12.5. The Balaban J connectivity index is 2.18. The van der Waals surface area contributed by atoms with Crippen molar-refractivity contribution in [2.24, 2.45) is 0 Å². The van der Waals surface area contributed by atoms with Crippen LogP contribution in [0.4, 0.5) is 11.4 Å². The van der Waals surface area contributed by atoms with Crippen molar-refractivity contribution in [1.29, 1.82) is 0 Å². The van der Waals surface area contributed by atoms with Crippen molar-refractivity contribution in [2.45, 2.75) is 0 Å². The quantitative estimate of drug-likeness (QED) is 0.581. The average Bonchev–Trinajstić information content (AvgIpc) is 2.65. The second-order valence-electron chi connectivity index (χ2n) is 5.66. The van der Waals surface area contributed by atoms with Gasteiger partial charge in [0.15, 0.2) is 0 Å². The third-order valence-corrected chi connectivity index (χ3v) is 4.81. The molecule has 0 fully saturated rings. The number of hydrogen-bond donors (Lipinski definition) is 1. The molecule has 8 heteroatoms. The van der Waals surface area contributed by atoms with Gasteiger partial charge in [-0.05, 0) is 42.5 Å². The Hall–Kier alpha value is -3.13. The molecule has 0 saturated carbocycles. The lowest BCUT2D eigenvalue weighted by Gasteiger charge is -2.20. The molecule has 0 aliphatic carbocycles. The minimum atomic E-state index is -3.46. The number of esters is 1. The first-order chi connectivity index (χ1) is 12.8. The van der Waals surface area contributed by atoms with E-state index in [-0.39, 0.29) is 6.54 Å². The zero-order valence-corrected chi connectivity index (χ0v) is 15.8. The molecule has 7 nitrogen and oxygen atoms in total. The van der Waals surface area contributed by atoms with Crippen molar-refractivity contribution >= 4 is 33.3 Å².